The SMILES string of the molecule is C=CC1=C(C=C)Nc2ccccc2C(C)=N1. The van der Waals surface area contributed by atoms with E-state index in [2.05, 4.69) is 23.5 Å². The van der Waals surface area contributed by atoms with Crippen LogP contribution in [0.3, 0.4) is 0 Å². The van der Waals surface area contributed by atoms with Crippen LogP contribution in [0.15, 0.2) is 66.0 Å². The van der Waals surface area contributed by atoms with Crippen molar-refractivity contribution in [2.45, 2.75) is 6.92 Å². The van der Waals surface area contributed by atoms with Gasteiger partial charge in [0.1, 0.15) is 0 Å². The second kappa shape index (κ2) is 4.19. The highest BCUT2D eigenvalue weighted by Crippen LogP contribution is 2.24. The van der Waals surface area contributed by atoms with Crippen LogP contribution in [-0.2, 0) is 0 Å². The summed E-state index contributed by atoms with van der Waals surface area (Å²) in [6, 6.07) is 8.09. The first-order valence-corrected chi connectivity index (χ1v) is 5.17. The molecule has 80 valence electrons. The zero-order valence-corrected chi connectivity index (χ0v) is 9.33. The molecule has 16 heavy (non-hydrogen) atoms. The Hall–Kier alpha value is -2.09. The second-order valence-corrected chi connectivity index (χ2v) is 3.57. The molecule has 0 saturated heterocycles. The molecule has 1 aliphatic heterocycles. The number of benzene rings is 1. The van der Waals surface area contributed by atoms with Crippen LogP contribution in [0.4, 0.5) is 5.69 Å². The molecule has 0 bridgehead atoms. The quantitative estimate of drug-likeness (QED) is 0.793. The first-order valence-electron chi connectivity index (χ1n) is 5.17. The van der Waals surface area contributed by atoms with Gasteiger partial charge in [0.2, 0.25) is 0 Å². The molecule has 2 heteroatoms. The van der Waals surface area contributed by atoms with Crippen LogP contribution in [0.5, 0.6) is 0 Å². The van der Waals surface area contributed by atoms with Crippen molar-refractivity contribution in [3.63, 3.8) is 0 Å². The number of nitrogens with one attached hydrogen (secondary N) is 1. The number of aliphatic imine (C=N–C) groups is 1. The lowest BCUT2D eigenvalue weighted by atomic mass is 10.1. The summed E-state index contributed by atoms with van der Waals surface area (Å²) in [6.45, 7) is 9.55. The summed E-state index contributed by atoms with van der Waals surface area (Å²) in [4.78, 5) is 4.53. The van der Waals surface area contributed by atoms with Gasteiger partial charge in [-0.05, 0) is 25.1 Å². The zero-order chi connectivity index (χ0) is 11.5. The highest BCUT2D eigenvalue weighted by Gasteiger charge is 2.11. The maximum atomic E-state index is 4.53. The number of hydrogen-bond acceptors (Lipinski definition) is 2. The fourth-order valence-corrected chi connectivity index (χ4v) is 1.73. The Bertz CT molecular complexity index is 507. The van der Waals surface area contributed by atoms with Crippen molar-refractivity contribution in [2.24, 2.45) is 4.99 Å². The van der Waals surface area contributed by atoms with E-state index in [1.54, 1.807) is 12.2 Å². The highest BCUT2D eigenvalue weighted by molar-refractivity contribution is 6.05. The van der Waals surface area contributed by atoms with Crippen molar-refractivity contribution in [3.05, 3.63) is 66.5 Å². The van der Waals surface area contributed by atoms with Crippen molar-refractivity contribution in [1.82, 2.24) is 0 Å². The largest absolute Gasteiger partial charge is 0.353 e. The van der Waals surface area contributed by atoms with Crippen molar-refractivity contribution in [1.29, 1.82) is 0 Å². The number of hydrogen-bond donors (Lipinski definition) is 1. The normalized spacial score (nSPS) is 14.4. The van der Waals surface area contributed by atoms with Gasteiger partial charge in [0.25, 0.3) is 0 Å². The van der Waals surface area contributed by atoms with Crippen LogP contribution in [0.2, 0.25) is 0 Å². The van der Waals surface area contributed by atoms with Gasteiger partial charge in [0.05, 0.1) is 11.4 Å². The van der Waals surface area contributed by atoms with Crippen LogP contribution in [-0.4, -0.2) is 5.71 Å². The molecular formula is C14H14N2. The Morgan fingerprint density at radius 2 is 1.94 bits per heavy atom. The third-order valence-electron chi connectivity index (χ3n) is 2.55. The van der Waals surface area contributed by atoms with Gasteiger partial charge in [-0.1, -0.05) is 31.4 Å². The molecule has 1 heterocycles. The summed E-state index contributed by atoms with van der Waals surface area (Å²) in [5.74, 6) is 0. The minimum atomic E-state index is 0.823. The number of nitrogens with zero attached hydrogens (tertiary/aromatic N) is 1. The minimum absolute atomic E-state index is 0.823. The summed E-state index contributed by atoms with van der Waals surface area (Å²) < 4.78 is 0. The first-order chi connectivity index (χ1) is 7.76. The summed E-state index contributed by atoms with van der Waals surface area (Å²) in [7, 11) is 0. The number of para-hydroxylation sites is 1. The molecule has 0 spiro atoms. The van der Waals surface area contributed by atoms with Gasteiger partial charge in [-0.2, -0.15) is 0 Å². The molecular weight excluding hydrogens is 196 g/mol. The van der Waals surface area contributed by atoms with E-state index in [9.17, 15) is 0 Å². The molecule has 0 aliphatic carbocycles. The van der Waals surface area contributed by atoms with Gasteiger partial charge in [-0.15, -0.1) is 0 Å². The van der Waals surface area contributed by atoms with Crippen molar-refractivity contribution in [2.75, 3.05) is 5.32 Å². The summed E-state index contributed by atoms with van der Waals surface area (Å²) >= 11 is 0. The van der Waals surface area contributed by atoms with Crippen molar-refractivity contribution >= 4 is 11.4 Å². The molecule has 0 fully saturated rings. The van der Waals surface area contributed by atoms with Gasteiger partial charge in [0.15, 0.2) is 0 Å². The van der Waals surface area contributed by atoms with Crippen LogP contribution in [0, 0.1) is 0 Å². The molecule has 2 rings (SSSR count). The number of rotatable bonds is 2. The summed E-state index contributed by atoms with van der Waals surface area (Å²) in [5, 5.41) is 3.32. The molecule has 1 aromatic rings. The molecule has 1 aliphatic rings. The van der Waals surface area contributed by atoms with Gasteiger partial charge in [0, 0.05) is 17.0 Å². The van der Waals surface area contributed by atoms with E-state index >= 15 is 0 Å². The van der Waals surface area contributed by atoms with Crippen LogP contribution < -0.4 is 5.32 Å². The first kappa shape index (κ1) is 10.4. The minimum Gasteiger partial charge on any atom is -0.353 e. The Kier molecular flexibility index (Phi) is 2.73. The molecule has 1 N–H and O–H groups in total. The smallest absolute Gasteiger partial charge is 0.0861 e. The van der Waals surface area contributed by atoms with E-state index in [0.29, 0.717) is 0 Å². The fraction of sp³-hybridized carbons (Fsp3) is 0.0714. The molecule has 0 aromatic heterocycles. The monoisotopic (exact) mass is 210 g/mol. The Balaban J connectivity index is 2.63. The Labute approximate surface area is 95.7 Å². The average Bonchev–Trinajstić information content (AvgIpc) is 2.46. The lowest BCUT2D eigenvalue weighted by Gasteiger charge is -2.08. The Morgan fingerprint density at radius 3 is 2.62 bits per heavy atom. The maximum absolute atomic E-state index is 4.53. The van der Waals surface area contributed by atoms with Crippen LogP contribution in [0.1, 0.15) is 12.5 Å². The highest BCUT2D eigenvalue weighted by atomic mass is 14.9. The van der Waals surface area contributed by atoms with Gasteiger partial charge in [-0.3, -0.25) is 4.99 Å². The predicted octanol–water partition coefficient (Wildman–Crippen LogP) is 3.50. The van der Waals surface area contributed by atoms with Gasteiger partial charge in [-0.25, -0.2) is 0 Å². The van der Waals surface area contributed by atoms with Crippen LogP contribution >= 0.6 is 0 Å². The standard InChI is InChI=1S/C14H14N2/c1-4-12-13(5-2)16-14-9-7-6-8-11(14)10(3)15-12/h4-9,16H,1-2H2,3H3. The topological polar surface area (TPSA) is 24.4 Å². The molecule has 0 radical (unpaired) electrons. The molecule has 0 amide bonds. The second-order valence-electron chi connectivity index (χ2n) is 3.57. The van der Waals surface area contributed by atoms with Crippen molar-refractivity contribution < 1.29 is 0 Å². The third-order valence-corrected chi connectivity index (χ3v) is 2.55. The van der Waals surface area contributed by atoms with E-state index in [1.807, 2.05) is 31.2 Å². The number of allylic oxidation sites excluding steroid dienone is 2. The summed E-state index contributed by atoms with van der Waals surface area (Å²) in [5.41, 5.74) is 4.85. The number of fused-ring (bicyclic) bond motifs is 1. The lowest BCUT2D eigenvalue weighted by molar-refractivity contribution is 1.33. The molecule has 0 saturated carbocycles. The Morgan fingerprint density at radius 1 is 1.19 bits per heavy atom. The lowest BCUT2D eigenvalue weighted by Crippen LogP contribution is -2.00. The predicted molar refractivity (Wildman–Crippen MR) is 69.7 cm³/mol. The van der Waals surface area contributed by atoms with Gasteiger partial charge >= 0.3 is 0 Å². The number of anilines is 1. The molecule has 1 aromatic carbocycles. The van der Waals surface area contributed by atoms with Gasteiger partial charge < -0.3 is 5.32 Å². The van der Waals surface area contributed by atoms with E-state index < -0.39 is 0 Å². The maximum Gasteiger partial charge on any atom is 0.0861 e. The average molecular weight is 210 g/mol. The van der Waals surface area contributed by atoms with E-state index in [0.717, 1.165) is 28.4 Å². The molecule has 0 atom stereocenters. The van der Waals surface area contributed by atoms with Crippen LogP contribution in [0.25, 0.3) is 0 Å². The third kappa shape index (κ3) is 1.70. The zero-order valence-electron chi connectivity index (χ0n) is 9.33. The van der Waals surface area contributed by atoms with E-state index in [-0.39, 0.29) is 0 Å². The summed E-state index contributed by atoms with van der Waals surface area (Å²) in [6.07, 6.45) is 3.50. The fourth-order valence-electron chi connectivity index (χ4n) is 1.73. The molecule has 2 nitrogen and oxygen atoms in total. The van der Waals surface area contributed by atoms with E-state index in [4.69, 9.17) is 0 Å². The molecule has 0 unspecified atom stereocenters. The van der Waals surface area contributed by atoms with E-state index in [1.165, 1.54) is 0 Å². The van der Waals surface area contributed by atoms with Crippen molar-refractivity contribution in [3.8, 4) is 0 Å².